The molecule has 0 radical (unpaired) electrons. The van der Waals surface area contributed by atoms with Gasteiger partial charge in [0.25, 0.3) is 0 Å². The summed E-state index contributed by atoms with van der Waals surface area (Å²) >= 11 is 4.90. The molecule has 1 aromatic heterocycles. The van der Waals surface area contributed by atoms with Crippen LogP contribution in [0.5, 0.6) is 5.75 Å². The van der Waals surface area contributed by atoms with Crippen LogP contribution < -0.4 is 10.4 Å². The van der Waals surface area contributed by atoms with Gasteiger partial charge >= 0.3 is 5.69 Å². The highest BCUT2D eigenvalue weighted by Gasteiger charge is 2.07. The van der Waals surface area contributed by atoms with E-state index < -0.39 is 0 Å². The maximum absolute atomic E-state index is 11.5. The molecule has 0 saturated heterocycles. The number of hydrogen-bond donors (Lipinski definition) is 1. The lowest BCUT2D eigenvalue weighted by molar-refractivity contribution is 0.343. The fourth-order valence-corrected chi connectivity index (χ4v) is 2.71. The molecule has 108 valence electrons. The number of ether oxygens (including phenoxy) is 1. The Morgan fingerprint density at radius 3 is 2.85 bits per heavy atom. The van der Waals surface area contributed by atoms with Crippen LogP contribution >= 0.6 is 27.7 Å². The van der Waals surface area contributed by atoms with Crippen molar-refractivity contribution < 1.29 is 4.74 Å². The van der Waals surface area contributed by atoms with Crippen LogP contribution in [0.2, 0.25) is 0 Å². The molecule has 1 aromatic carbocycles. The zero-order valence-corrected chi connectivity index (χ0v) is 13.5. The molecule has 1 heterocycles. The van der Waals surface area contributed by atoms with Crippen molar-refractivity contribution in [3.05, 3.63) is 39.2 Å². The molecule has 0 aliphatic rings. The van der Waals surface area contributed by atoms with E-state index in [1.165, 1.54) is 11.8 Å². The molecule has 0 unspecified atom stereocenters. The smallest absolute Gasteiger partial charge is 0.343 e. The van der Waals surface area contributed by atoms with E-state index in [1.54, 1.807) is 4.57 Å². The van der Waals surface area contributed by atoms with Gasteiger partial charge < -0.3 is 4.74 Å². The number of benzene rings is 1. The van der Waals surface area contributed by atoms with Gasteiger partial charge in [0, 0.05) is 16.8 Å². The van der Waals surface area contributed by atoms with Crippen molar-refractivity contribution in [1.29, 1.82) is 0 Å². The zero-order chi connectivity index (χ0) is 14.4. The van der Waals surface area contributed by atoms with Gasteiger partial charge in [0.15, 0.2) is 5.16 Å². The monoisotopic (exact) mass is 357 g/mol. The Morgan fingerprint density at radius 2 is 2.15 bits per heavy atom. The van der Waals surface area contributed by atoms with Crippen molar-refractivity contribution in [2.24, 2.45) is 0 Å². The van der Waals surface area contributed by atoms with E-state index in [0.29, 0.717) is 13.2 Å². The third kappa shape index (κ3) is 4.14. The number of hydrogen-bond acceptors (Lipinski definition) is 4. The first-order chi connectivity index (χ1) is 9.70. The summed E-state index contributed by atoms with van der Waals surface area (Å²) < 4.78 is 8.31. The van der Waals surface area contributed by atoms with Crippen molar-refractivity contribution >= 4 is 27.7 Å². The molecule has 2 aromatic rings. The van der Waals surface area contributed by atoms with Crippen LogP contribution in [0.1, 0.15) is 13.3 Å². The molecule has 7 heteroatoms. The summed E-state index contributed by atoms with van der Waals surface area (Å²) in [6.45, 7) is 3.29. The van der Waals surface area contributed by atoms with Crippen LogP contribution in [0.25, 0.3) is 0 Å². The number of aromatic nitrogens is 3. The Balaban J connectivity index is 1.81. The molecule has 2 rings (SSSR count). The highest BCUT2D eigenvalue weighted by molar-refractivity contribution is 9.10. The average Bonchev–Trinajstić information content (AvgIpc) is 2.79. The number of halogens is 1. The van der Waals surface area contributed by atoms with Gasteiger partial charge in [0.1, 0.15) is 5.75 Å². The molecule has 0 atom stereocenters. The molecule has 0 aliphatic carbocycles. The van der Waals surface area contributed by atoms with Crippen LogP contribution in [-0.2, 0) is 6.54 Å². The lowest BCUT2D eigenvalue weighted by atomic mass is 10.3. The summed E-state index contributed by atoms with van der Waals surface area (Å²) in [6.07, 6.45) is 0.905. The van der Waals surface area contributed by atoms with E-state index in [9.17, 15) is 4.79 Å². The molecule has 0 spiro atoms. The van der Waals surface area contributed by atoms with Gasteiger partial charge in [-0.1, -0.05) is 34.6 Å². The first kappa shape index (κ1) is 15.2. The van der Waals surface area contributed by atoms with Crippen molar-refractivity contribution in [3.63, 3.8) is 0 Å². The quantitative estimate of drug-likeness (QED) is 0.611. The Kier molecular flexibility index (Phi) is 5.72. The number of nitrogens with zero attached hydrogens (tertiary/aromatic N) is 2. The molecule has 0 fully saturated rings. The largest absolute Gasteiger partial charge is 0.493 e. The predicted octanol–water partition coefficient (Wildman–Crippen LogP) is 2.92. The fraction of sp³-hybridized carbons (Fsp3) is 0.385. The number of rotatable bonds is 7. The van der Waals surface area contributed by atoms with Crippen LogP contribution in [0.4, 0.5) is 0 Å². The predicted molar refractivity (Wildman–Crippen MR) is 83.5 cm³/mol. The molecular weight excluding hydrogens is 342 g/mol. The van der Waals surface area contributed by atoms with Crippen molar-refractivity contribution in [3.8, 4) is 5.75 Å². The maximum Gasteiger partial charge on any atom is 0.343 e. The second-order valence-electron chi connectivity index (χ2n) is 4.11. The summed E-state index contributed by atoms with van der Waals surface area (Å²) in [4.78, 5) is 11.5. The molecule has 0 amide bonds. The SMILES string of the molecule is CCCn1c(SCCOc2ccc(Br)cc2)n[nH]c1=O. The third-order valence-electron chi connectivity index (χ3n) is 2.57. The molecule has 0 aliphatic heterocycles. The van der Waals surface area contributed by atoms with Gasteiger partial charge in [0.2, 0.25) is 0 Å². The van der Waals surface area contributed by atoms with Gasteiger partial charge in [-0.05, 0) is 30.7 Å². The van der Waals surface area contributed by atoms with E-state index >= 15 is 0 Å². The summed E-state index contributed by atoms with van der Waals surface area (Å²) in [5, 5.41) is 7.21. The fourth-order valence-electron chi connectivity index (χ4n) is 1.66. The van der Waals surface area contributed by atoms with Crippen molar-refractivity contribution in [2.75, 3.05) is 12.4 Å². The molecular formula is C13H16BrN3O2S. The number of H-pyrrole nitrogens is 1. The maximum atomic E-state index is 11.5. The van der Waals surface area contributed by atoms with Gasteiger partial charge in [-0.2, -0.15) is 0 Å². The number of thioether (sulfide) groups is 1. The first-order valence-corrected chi connectivity index (χ1v) is 8.15. The second kappa shape index (κ2) is 7.54. The normalized spacial score (nSPS) is 10.7. The Morgan fingerprint density at radius 1 is 1.40 bits per heavy atom. The topological polar surface area (TPSA) is 59.9 Å². The zero-order valence-electron chi connectivity index (χ0n) is 11.1. The minimum atomic E-state index is -0.150. The summed E-state index contributed by atoms with van der Waals surface area (Å²) in [5.41, 5.74) is -0.150. The van der Waals surface area contributed by atoms with Gasteiger partial charge in [-0.25, -0.2) is 9.89 Å². The molecule has 0 saturated carbocycles. The van der Waals surface area contributed by atoms with E-state index in [4.69, 9.17) is 4.74 Å². The lowest BCUT2D eigenvalue weighted by Gasteiger charge is -2.06. The molecule has 5 nitrogen and oxygen atoms in total. The number of aromatic amines is 1. The minimum absolute atomic E-state index is 0.150. The van der Waals surface area contributed by atoms with Crippen LogP contribution in [0.3, 0.4) is 0 Å². The van der Waals surface area contributed by atoms with E-state index in [-0.39, 0.29) is 5.69 Å². The first-order valence-electron chi connectivity index (χ1n) is 6.37. The highest BCUT2D eigenvalue weighted by atomic mass is 79.9. The van der Waals surface area contributed by atoms with Gasteiger partial charge in [0.05, 0.1) is 6.61 Å². The van der Waals surface area contributed by atoms with E-state index in [1.807, 2.05) is 31.2 Å². The van der Waals surface area contributed by atoms with Crippen LogP contribution in [-0.4, -0.2) is 27.1 Å². The molecule has 20 heavy (non-hydrogen) atoms. The van der Waals surface area contributed by atoms with E-state index in [2.05, 4.69) is 26.1 Å². The summed E-state index contributed by atoms with van der Waals surface area (Å²) in [6, 6.07) is 7.71. The lowest BCUT2D eigenvalue weighted by Crippen LogP contribution is -2.17. The van der Waals surface area contributed by atoms with E-state index in [0.717, 1.165) is 27.6 Å². The van der Waals surface area contributed by atoms with Crippen molar-refractivity contribution in [1.82, 2.24) is 14.8 Å². The third-order valence-corrected chi connectivity index (χ3v) is 4.04. The second-order valence-corrected chi connectivity index (χ2v) is 6.09. The molecule has 0 bridgehead atoms. The number of nitrogens with one attached hydrogen (secondary N) is 1. The Hall–Kier alpha value is -1.21. The average molecular weight is 358 g/mol. The molecule has 1 N–H and O–H groups in total. The highest BCUT2D eigenvalue weighted by Crippen LogP contribution is 2.17. The standard InChI is InChI=1S/C13H16BrN3O2S/c1-2-7-17-12(18)15-16-13(17)20-9-8-19-11-5-3-10(14)4-6-11/h3-6H,2,7-9H2,1H3,(H,15,18). The van der Waals surface area contributed by atoms with Gasteiger partial charge in [-0.3, -0.25) is 4.57 Å². The Bertz CT molecular complexity index is 594. The summed E-state index contributed by atoms with van der Waals surface area (Å²) in [7, 11) is 0. The van der Waals surface area contributed by atoms with Crippen molar-refractivity contribution in [2.45, 2.75) is 25.0 Å². The van der Waals surface area contributed by atoms with Gasteiger partial charge in [-0.15, -0.1) is 5.10 Å². The summed E-state index contributed by atoms with van der Waals surface area (Å²) in [5.74, 6) is 1.58. The van der Waals surface area contributed by atoms with Crippen LogP contribution in [0, 0.1) is 0 Å². The minimum Gasteiger partial charge on any atom is -0.493 e. The Labute approximate surface area is 129 Å². The van der Waals surface area contributed by atoms with Crippen LogP contribution in [0.15, 0.2) is 38.7 Å².